The van der Waals surface area contributed by atoms with Gasteiger partial charge in [-0.3, -0.25) is 0 Å². The molecule has 226 valence electrons. The van der Waals surface area contributed by atoms with Crippen LogP contribution in [-0.4, -0.2) is 46.8 Å². The molecule has 0 saturated carbocycles. The molecular weight excluding hydrogens is 578 g/mol. The molecule has 41 heavy (non-hydrogen) atoms. The molecule has 12 aliphatic heterocycles. The Hall–Kier alpha value is 0.519. The Kier molecular flexibility index (Phi) is 2.16. The first-order valence-electron chi connectivity index (χ1n) is 17.5. The molecule has 12 heterocycles. The number of hydrogen-bond donors (Lipinski definition) is 2. The molecule has 2 N–H and O–H groups in total. The molecule has 8 unspecified atom stereocenters. The topological polar surface area (TPSA) is 24.1 Å². The third kappa shape index (κ3) is 0.632. The van der Waals surface area contributed by atoms with Crippen LogP contribution in [0.4, 0.5) is 0 Å². The predicted octanol–water partition coefficient (Wildman–Crippen LogP) is 9.20. The van der Waals surface area contributed by atoms with Gasteiger partial charge in [0.1, 0.15) is 0 Å². The van der Waals surface area contributed by atoms with E-state index in [0.29, 0.717) is 15.5 Å². The quantitative estimate of drug-likeness (QED) is 0.241. The van der Waals surface area contributed by atoms with E-state index in [4.69, 9.17) is 0 Å². The first kappa shape index (κ1) is 23.8. The summed E-state index contributed by atoms with van der Waals surface area (Å²) in [6.07, 6.45) is 10.2. The van der Waals surface area contributed by atoms with E-state index >= 15 is 0 Å². The molecule has 12 fully saturated rings. The van der Waals surface area contributed by atoms with Crippen LogP contribution in [0.15, 0.2) is 30.3 Å². The van der Waals surface area contributed by atoms with Crippen LogP contribution in [0.25, 0.3) is 0 Å². The maximum atomic E-state index is 4.34. The van der Waals surface area contributed by atoms with Crippen LogP contribution in [0.3, 0.4) is 0 Å². The molecular formula is C36H54FeN2P2. The minimum absolute atomic E-state index is 0.0690. The van der Waals surface area contributed by atoms with Crippen molar-refractivity contribution < 1.29 is 6.51 Å². The van der Waals surface area contributed by atoms with Gasteiger partial charge in [-0.1, -0.05) is 0 Å². The molecule has 2 nitrogen and oxygen atoms in total. The molecule has 8 atom stereocenters. The van der Waals surface area contributed by atoms with E-state index in [0.717, 1.165) is 25.0 Å². The summed E-state index contributed by atoms with van der Waals surface area (Å²) in [5, 5.41) is 9.94. The van der Waals surface area contributed by atoms with Crippen molar-refractivity contribution >= 4 is 17.2 Å². The van der Waals surface area contributed by atoms with Gasteiger partial charge in [0.05, 0.1) is 0 Å². The fraction of sp³-hybridized carbons (Fsp3) is 0.833. The summed E-state index contributed by atoms with van der Waals surface area (Å²) in [5.74, 6) is 0. The summed E-state index contributed by atoms with van der Waals surface area (Å²) in [5.41, 5.74) is 1.90. The first-order valence-corrected chi connectivity index (χ1v) is 25.7. The zero-order valence-corrected chi connectivity index (χ0v) is 29.5. The van der Waals surface area contributed by atoms with E-state index in [1.165, 1.54) is 85.3 Å². The van der Waals surface area contributed by atoms with Gasteiger partial charge in [0.15, 0.2) is 0 Å². The monoisotopic (exact) mass is 632 g/mol. The Morgan fingerprint density at radius 2 is 1.29 bits per heavy atom. The average Bonchev–Trinajstić information content (AvgIpc) is 3.90. The number of piperidine rings is 2. The Morgan fingerprint density at radius 1 is 0.780 bits per heavy atom. The third-order valence-electron chi connectivity index (χ3n) is 22.9. The van der Waals surface area contributed by atoms with E-state index < -0.39 is 6.51 Å². The Morgan fingerprint density at radius 3 is 1.71 bits per heavy atom. The minimum atomic E-state index is -4.13. The second-order valence-electron chi connectivity index (χ2n) is 21.2. The number of fused-ring (bicyclic) bond motifs is 10. The van der Waals surface area contributed by atoms with Crippen molar-refractivity contribution in [2.75, 3.05) is 19.3 Å². The third-order valence-corrected chi connectivity index (χ3v) is 72.8. The van der Waals surface area contributed by atoms with Crippen molar-refractivity contribution in [3.63, 3.8) is 0 Å². The standard InChI is InChI=1S/C31H49N2P2.C5H5.Fe/c1-29(2,3)35(30(4,5)6)22-25-20-24(23-14-8-7-9-15-23)21-26(25)31(34,27-16-10-12-18-32-27)28-17-11-13-19-33-28;1-2-4-5-3-1;/h7-9,14-15,20-21,27-28,32-33H,10-13,16-19,22,34H2,1-6H3;1-5H;. The molecule has 0 aromatic heterocycles. The van der Waals surface area contributed by atoms with Gasteiger partial charge in [-0.15, -0.1) is 0 Å². The van der Waals surface area contributed by atoms with Gasteiger partial charge >= 0.3 is 244 Å². The summed E-state index contributed by atoms with van der Waals surface area (Å²) < 4.78 is 2.30. The zero-order valence-electron chi connectivity index (χ0n) is 26.3. The zero-order chi connectivity index (χ0) is 28.0. The molecule has 0 aliphatic carbocycles. The van der Waals surface area contributed by atoms with E-state index in [2.05, 4.69) is 91.7 Å². The van der Waals surface area contributed by atoms with Crippen LogP contribution in [0.2, 0.25) is 42.3 Å². The summed E-state index contributed by atoms with van der Waals surface area (Å²) in [6.45, 7) is 14.3. The number of nitrogens with one attached hydrogen (secondary N) is 2. The van der Waals surface area contributed by atoms with Crippen molar-refractivity contribution in [1.29, 1.82) is 0 Å². The molecule has 1 aromatic rings. The van der Waals surface area contributed by atoms with Gasteiger partial charge in [0.25, 0.3) is 0 Å². The van der Waals surface area contributed by atoms with E-state index in [9.17, 15) is 0 Å². The van der Waals surface area contributed by atoms with E-state index in [1.807, 2.05) is 5.56 Å². The second-order valence-corrected chi connectivity index (χ2v) is 49.0. The molecule has 0 bridgehead atoms. The molecule has 1 spiro atoms. The maximum absolute atomic E-state index is 4.34. The van der Waals surface area contributed by atoms with Crippen molar-refractivity contribution in [3.05, 3.63) is 35.9 Å². The van der Waals surface area contributed by atoms with Gasteiger partial charge in [-0.05, 0) is 0 Å². The fourth-order valence-electron chi connectivity index (χ4n) is 25.6. The SMILES string of the molecule is CC(C)(C)P(C[C]12[CH]3[C]4(c5ccccc5)[CH]5[C]1(C(P)(C1CCCCN1)C1CCCCN1)[Fe]35421678[CH]2[CH]1[CH]6[CH]7[CH]28)C(C)(C)C. The molecule has 1 aromatic carbocycles. The van der Waals surface area contributed by atoms with Crippen molar-refractivity contribution in [3.8, 4) is 0 Å². The summed E-state index contributed by atoms with van der Waals surface area (Å²) in [6, 6.07) is 14.0. The van der Waals surface area contributed by atoms with Gasteiger partial charge in [0, 0.05) is 0 Å². The molecule has 5 heteroatoms. The summed E-state index contributed by atoms with van der Waals surface area (Å²) >= 11 is 0. The van der Waals surface area contributed by atoms with E-state index in [-0.39, 0.29) is 7.92 Å². The van der Waals surface area contributed by atoms with Crippen LogP contribution in [-0.2, 0) is 10.8 Å². The molecule has 13 rings (SSSR count). The van der Waals surface area contributed by atoms with Crippen LogP contribution in [0, 0.1) is 0 Å². The average molecular weight is 633 g/mol. The summed E-state index contributed by atoms with van der Waals surface area (Å²) in [7, 11) is 3.87. The van der Waals surface area contributed by atoms with Crippen LogP contribution < -0.4 is 10.6 Å². The molecule has 0 radical (unpaired) electrons. The second kappa shape index (κ2) is 3.71. The van der Waals surface area contributed by atoms with Crippen molar-refractivity contribution in [2.45, 2.75) is 154 Å². The summed E-state index contributed by atoms with van der Waals surface area (Å²) in [4.78, 5) is 8.85. The van der Waals surface area contributed by atoms with Crippen LogP contribution in [0.1, 0.15) is 85.6 Å². The molecule has 0 amide bonds. The Bertz CT molecular complexity index is 1810. The van der Waals surface area contributed by atoms with Gasteiger partial charge in [-0.25, -0.2) is 0 Å². The van der Waals surface area contributed by atoms with Crippen molar-refractivity contribution in [1.82, 2.24) is 10.6 Å². The fourth-order valence-corrected chi connectivity index (χ4v) is 116. The van der Waals surface area contributed by atoms with Gasteiger partial charge in [0.2, 0.25) is 0 Å². The van der Waals surface area contributed by atoms with Crippen LogP contribution in [0.5, 0.6) is 0 Å². The number of hydrogen-bond acceptors (Lipinski definition) is 2. The van der Waals surface area contributed by atoms with Crippen molar-refractivity contribution in [2.24, 2.45) is 0 Å². The number of benzene rings is 1. The molecule has 12 aliphatic rings. The molecule has 12 saturated heterocycles. The van der Waals surface area contributed by atoms with Gasteiger partial charge in [-0.2, -0.15) is 0 Å². The number of rotatable bonds is 6. The predicted molar refractivity (Wildman–Crippen MR) is 175 cm³/mol. The van der Waals surface area contributed by atoms with E-state index in [1.54, 1.807) is 6.16 Å². The Labute approximate surface area is 242 Å². The van der Waals surface area contributed by atoms with Gasteiger partial charge < -0.3 is 0 Å². The Balaban J connectivity index is 1.14. The first-order chi connectivity index (χ1) is 19.2. The normalized spacial score (nSPS) is 70.7. The van der Waals surface area contributed by atoms with Crippen LogP contribution >= 0.6 is 17.2 Å².